The minimum atomic E-state index is -0.0161. The van der Waals surface area contributed by atoms with Gasteiger partial charge in [-0.05, 0) is 61.4 Å². The zero-order chi connectivity index (χ0) is 22.9. The Bertz CT molecular complexity index is 1340. The van der Waals surface area contributed by atoms with Gasteiger partial charge in [0.05, 0.1) is 18.2 Å². The van der Waals surface area contributed by atoms with E-state index in [0.717, 1.165) is 58.3 Å². The van der Waals surface area contributed by atoms with Crippen LogP contribution >= 0.6 is 23.1 Å². The van der Waals surface area contributed by atoms with Crippen LogP contribution in [-0.4, -0.2) is 31.8 Å². The molecule has 4 aromatic rings. The minimum Gasteiger partial charge on any atom is -0.497 e. The molecule has 3 aromatic heterocycles. The molecule has 0 atom stereocenters. The van der Waals surface area contributed by atoms with Gasteiger partial charge < -0.3 is 14.3 Å². The Labute approximate surface area is 200 Å². The van der Waals surface area contributed by atoms with Gasteiger partial charge in [0.15, 0.2) is 11.0 Å². The molecule has 0 aliphatic heterocycles. The van der Waals surface area contributed by atoms with E-state index in [4.69, 9.17) is 9.72 Å². The summed E-state index contributed by atoms with van der Waals surface area (Å²) in [6, 6.07) is 7.86. The van der Waals surface area contributed by atoms with Gasteiger partial charge >= 0.3 is 0 Å². The molecule has 0 fully saturated rings. The Hall–Kier alpha value is -2.65. The number of nitrogens with zero attached hydrogens (tertiary/aromatic N) is 4. The lowest BCUT2D eigenvalue weighted by molar-refractivity contribution is 0.415. The number of thiophene rings is 1. The van der Waals surface area contributed by atoms with Crippen LogP contribution in [0.1, 0.15) is 43.0 Å². The summed E-state index contributed by atoms with van der Waals surface area (Å²) in [4.78, 5) is 22.9. The molecular weight excluding hydrogens is 454 g/mol. The molecule has 0 unspecified atom stereocenters. The second kappa shape index (κ2) is 9.30. The third-order valence-electron chi connectivity index (χ3n) is 5.82. The van der Waals surface area contributed by atoms with Gasteiger partial charge in [0.25, 0.3) is 5.56 Å². The summed E-state index contributed by atoms with van der Waals surface area (Å²) in [5.41, 5.74) is 2.19. The van der Waals surface area contributed by atoms with Crippen molar-refractivity contribution in [2.45, 2.75) is 57.0 Å². The van der Waals surface area contributed by atoms with Gasteiger partial charge in [-0.1, -0.05) is 25.6 Å². The van der Waals surface area contributed by atoms with Crippen molar-refractivity contribution in [2.24, 2.45) is 5.92 Å². The number of benzene rings is 1. The van der Waals surface area contributed by atoms with Gasteiger partial charge in [0, 0.05) is 17.0 Å². The molecule has 172 valence electrons. The largest absolute Gasteiger partial charge is 0.497 e. The van der Waals surface area contributed by atoms with Crippen molar-refractivity contribution in [3.05, 3.63) is 50.9 Å². The van der Waals surface area contributed by atoms with E-state index in [0.29, 0.717) is 17.5 Å². The average Bonchev–Trinajstić information content (AvgIpc) is 3.38. The molecule has 1 aromatic carbocycles. The number of aromatic amines is 1. The smallest absolute Gasteiger partial charge is 0.259 e. The van der Waals surface area contributed by atoms with Crippen LogP contribution in [0, 0.1) is 5.92 Å². The fourth-order valence-corrected chi connectivity index (χ4v) is 6.39. The van der Waals surface area contributed by atoms with Crippen molar-refractivity contribution in [1.29, 1.82) is 0 Å². The van der Waals surface area contributed by atoms with E-state index in [2.05, 4.69) is 33.6 Å². The van der Waals surface area contributed by atoms with Gasteiger partial charge in [0.2, 0.25) is 0 Å². The van der Waals surface area contributed by atoms with E-state index in [-0.39, 0.29) is 5.56 Å². The second-order valence-corrected chi connectivity index (χ2v) is 10.8. The van der Waals surface area contributed by atoms with Crippen molar-refractivity contribution in [3.63, 3.8) is 0 Å². The molecule has 0 radical (unpaired) electrons. The number of hydrogen-bond acceptors (Lipinski definition) is 7. The molecule has 0 bridgehead atoms. The molecule has 33 heavy (non-hydrogen) atoms. The monoisotopic (exact) mass is 481 g/mol. The quantitative estimate of drug-likeness (QED) is 0.371. The van der Waals surface area contributed by atoms with Gasteiger partial charge in [-0.3, -0.25) is 4.79 Å². The highest BCUT2D eigenvalue weighted by Gasteiger charge is 2.21. The molecule has 1 aliphatic rings. The van der Waals surface area contributed by atoms with Crippen LogP contribution in [0.4, 0.5) is 0 Å². The first-order valence-corrected chi connectivity index (χ1v) is 13.1. The van der Waals surface area contributed by atoms with E-state index in [1.165, 1.54) is 16.9 Å². The van der Waals surface area contributed by atoms with Gasteiger partial charge in [-0.25, -0.2) is 4.98 Å². The number of fused-ring (bicyclic) bond motifs is 3. The zero-order valence-electron chi connectivity index (χ0n) is 19.1. The van der Waals surface area contributed by atoms with E-state index >= 15 is 0 Å². The molecule has 7 nitrogen and oxygen atoms in total. The summed E-state index contributed by atoms with van der Waals surface area (Å²) in [7, 11) is 1.66. The fourth-order valence-electron chi connectivity index (χ4n) is 4.29. The molecule has 0 spiro atoms. The van der Waals surface area contributed by atoms with Crippen molar-refractivity contribution >= 4 is 33.3 Å². The van der Waals surface area contributed by atoms with Gasteiger partial charge in [-0.15, -0.1) is 21.5 Å². The predicted octanol–water partition coefficient (Wildman–Crippen LogP) is 5.08. The lowest BCUT2D eigenvalue weighted by Gasteiger charge is -2.12. The molecule has 1 N–H and O–H groups in total. The highest BCUT2D eigenvalue weighted by molar-refractivity contribution is 7.98. The molecule has 0 amide bonds. The second-order valence-electron chi connectivity index (χ2n) is 8.73. The Morgan fingerprint density at radius 2 is 1.97 bits per heavy atom. The highest BCUT2D eigenvalue weighted by atomic mass is 32.2. The lowest BCUT2D eigenvalue weighted by Crippen LogP contribution is -2.13. The van der Waals surface area contributed by atoms with Crippen LogP contribution in [0.25, 0.3) is 21.6 Å². The third-order valence-corrected chi connectivity index (χ3v) is 7.99. The van der Waals surface area contributed by atoms with Crippen LogP contribution in [0.3, 0.4) is 0 Å². The number of aromatic nitrogens is 5. The molecule has 0 saturated heterocycles. The number of hydrogen-bond donors (Lipinski definition) is 1. The lowest BCUT2D eigenvalue weighted by atomic mass is 9.97. The van der Waals surface area contributed by atoms with E-state index in [1.807, 2.05) is 24.3 Å². The summed E-state index contributed by atoms with van der Waals surface area (Å²) in [5, 5.41) is 10.6. The number of H-pyrrole nitrogens is 1. The van der Waals surface area contributed by atoms with E-state index < -0.39 is 0 Å². The summed E-state index contributed by atoms with van der Waals surface area (Å²) < 4.78 is 7.43. The SMILES string of the molecule is COc1ccc(-c2nnc(SCc3nc4sc5c(c4c(=O)[nH]3)CCCC5)n2CC(C)C)cc1. The van der Waals surface area contributed by atoms with Crippen molar-refractivity contribution in [3.8, 4) is 17.1 Å². The zero-order valence-corrected chi connectivity index (χ0v) is 20.7. The molecule has 3 heterocycles. The Balaban J connectivity index is 1.42. The van der Waals surface area contributed by atoms with Crippen molar-refractivity contribution < 1.29 is 4.74 Å². The van der Waals surface area contributed by atoms with Crippen LogP contribution < -0.4 is 10.3 Å². The highest BCUT2D eigenvalue weighted by Crippen LogP contribution is 2.34. The van der Waals surface area contributed by atoms with E-state index in [1.54, 1.807) is 30.2 Å². The average molecular weight is 482 g/mol. The summed E-state index contributed by atoms with van der Waals surface area (Å²) >= 11 is 3.24. The van der Waals surface area contributed by atoms with Crippen LogP contribution in [0.2, 0.25) is 0 Å². The fraction of sp³-hybridized carbons (Fsp3) is 0.417. The summed E-state index contributed by atoms with van der Waals surface area (Å²) in [6.45, 7) is 5.16. The first-order valence-electron chi connectivity index (χ1n) is 11.3. The van der Waals surface area contributed by atoms with Crippen LogP contribution in [-0.2, 0) is 25.1 Å². The number of ether oxygens (including phenoxy) is 1. The Morgan fingerprint density at radius 1 is 1.18 bits per heavy atom. The Morgan fingerprint density at radius 3 is 2.73 bits per heavy atom. The Kier molecular flexibility index (Phi) is 6.25. The van der Waals surface area contributed by atoms with Crippen LogP contribution in [0.15, 0.2) is 34.2 Å². The number of thioether (sulfide) groups is 1. The normalized spacial score (nSPS) is 13.6. The molecule has 5 rings (SSSR count). The van der Waals surface area contributed by atoms with Crippen LogP contribution in [0.5, 0.6) is 5.75 Å². The standard InChI is InChI=1S/C24H27N5O2S2/c1-14(2)12-29-21(15-8-10-16(31-3)11-9-15)27-28-24(29)32-13-19-25-22(30)20-17-6-4-5-7-18(17)33-23(20)26-19/h8-11,14H,4-7,12-13H2,1-3H3,(H,25,26,30). The first-order chi connectivity index (χ1) is 16.0. The van der Waals surface area contributed by atoms with Gasteiger partial charge in [-0.2, -0.15) is 0 Å². The molecular formula is C24H27N5O2S2. The van der Waals surface area contributed by atoms with E-state index in [9.17, 15) is 4.79 Å². The molecule has 1 aliphatic carbocycles. The molecule has 0 saturated carbocycles. The first kappa shape index (κ1) is 22.2. The maximum absolute atomic E-state index is 12.9. The van der Waals surface area contributed by atoms with Crippen molar-refractivity contribution in [1.82, 2.24) is 24.7 Å². The van der Waals surface area contributed by atoms with Crippen molar-refractivity contribution in [2.75, 3.05) is 7.11 Å². The maximum Gasteiger partial charge on any atom is 0.259 e. The maximum atomic E-state index is 12.9. The summed E-state index contributed by atoms with van der Waals surface area (Å²) in [5.74, 6) is 3.29. The van der Waals surface area contributed by atoms with Gasteiger partial charge in [0.1, 0.15) is 16.4 Å². The topological polar surface area (TPSA) is 85.7 Å². The number of rotatable bonds is 7. The minimum absolute atomic E-state index is 0.0161. The third kappa shape index (κ3) is 4.44. The predicted molar refractivity (Wildman–Crippen MR) is 133 cm³/mol. The number of nitrogens with one attached hydrogen (secondary N) is 1. The summed E-state index contributed by atoms with van der Waals surface area (Å²) in [6.07, 6.45) is 4.40. The number of aryl methyl sites for hydroxylation is 2. The number of methoxy groups -OCH3 is 1. The molecule has 9 heteroatoms.